The molecule has 5 heteroatoms. The number of benzene rings is 4. The molecular weight excluding hydrogens is 797 g/mol. The van der Waals surface area contributed by atoms with Crippen LogP contribution in [0.4, 0.5) is 0 Å². The summed E-state index contributed by atoms with van der Waals surface area (Å²) < 4.78 is 11.0. The molecule has 0 atom stereocenters. The molecular formula is C43H42IrN2SSi-2. The molecule has 0 aliphatic heterocycles. The fraction of sp³-hybridized carbons (Fsp3) is 0.209. The van der Waals surface area contributed by atoms with Crippen LogP contribution in [0, 0.1) is 12.1 Å². The van der Waals surface area contributed by atoms with E-state index in [-0.39, 0.29) is 20.1 Å². The van der Waals surface area contributed by atoms with Gasteiger partial charge in [0.2, 0.25) is 0 Å². The molecule has 245 valence electrons. The van der Waals surface area contributed by atoms with Crippen molar-refractivity contribution in [3.8, 4) is 33.6 Å². The number of nitrogens with zero attached hydrogens (tertiary/aromatic N) is 2. The van der Waals surface area contributed by atoms with Gasteiger partial charge < -0.3 is 9.97 Å². The summed E-state index contributed by atoms with van der Waals surface area (Å²) in [6, 6.07) is 42.5. The Morgan fingerprint density at radius 2 is 1.50 bits per heavy atom. The van der Waals surface area contributed by atoms with Crippen molar-refractivity contribution in [3.63, 3.8) is 0 Å². The molecule has 0 saturated heterocycles. The first-order valence-electron chi connectivity index (χ1n) is 16.8. The number of hydrogen-bond acceptors (Lipinski definition) is 3. The Labute approximate surface area is 306 Å². The topological polar surface area (TPSA) is 25.8 Å². The van der Waals surface area contributed by atoms with Gasteiger partial charge >= 0.3 is 0 Å². The van der Waals surface area contributed by atoms with Gasteiger partial charge in [-0.2, -0.15) is 11.3 Å². The Bertz CT molecular complexity index is 2180. The van der Waals surface area contributed by atoms with Gasteiger partial charge in [-0.15, -0.1) is 59.7 Å². The zero-order valence-corrected chi connectivity index (χ0v) is 32.9. The van der Waals surface area contributed by atoms with Crippen molar-refractivity contribution in [2.45, 2.75) is 59.1 Å². The molecule has 7 rings (SSSR count). The van der Waals surface area contributed by atoms with E-state index in [4.69, 9.17) is 1.37 Å². The molecule has 0 spiro atoms. The summed E-state index contributed by atoms with van der Waals surface area (Å²) in [4.78, 5) is 9.23. The molecule has 0 amide bonds. The molecule has 2 nitrogen and oxygen atoms in total. The average Bonchev–Trinajstić information content (AvgIpc) is 3.47. The minimum Gasteiger partial charge on any atom is -0.305 e. The van der Waals surface area contributed by atoms with E-state index in [0.717, 1.165) is 28.1 Å². The number of aromatic nitrogens is 2. The van der Waals surface area contributed by atoms with Gasteiger partial charge in [0.05, 0.1) is 8.07 Å². The maximum absolute atomic E-state index is 8.44. The quantitative estimate of drug-likeness (QED) is 0.123. The molecule has 48 heavy (non-hydrogen) atoms. The number of rotatable bonds is 6. The fourth-order valence-electron chi connectivity index (χ4n) is 5.90. The Morgan fingerprint density at radius 3 is 2.19 bits per heavy atom. The van der Waals surface area contributed by atoms with Gasteiger partial charge in [0.1, 0.15) is 0 Å². The van der Waals surface area contributed by atoms with Gasteiger partial charge in [0.15, 0.2) is 0 Å². The van der Waals surface area contributed by atoms with Crippen LogP contribution < -0.4 is 5.19 Å². The van der Waals surface area contributed by atoms with Crippen LogP contribution in [0.1, 0.15) is 52.0 Å². The first-order chi connectivity index (χ1) is 22.9. The molecule has 0 unspecified atom stereocenters. The van der Waals surface area contributed by atoms with E-state index >= 15 is 0 Å². The number of pyridine rings is 2. The second-order valence-electron chi connectivity index (χ2n) is 13.5. The Balaban J connectivity index is 0.000000199. The summed E-state index contributed by atoms with van der Waals surface area (Å²) in [6.45, 7) is 15.2. The third-order valence-corrected chi connectivity index (χ3v) is 11.6. The monoisotopic (exact) mass is 840 g/mol. The molecule has 1 radical (unpaired) electrons. The number of hydrogen-bond donors (Lipinski definition) is 0. The van der Waals surface area contributed by atoms with Gasteiger partial charge in [0.25, 0.3) is 0 Å². The van der Waals surface area contributed by atoms with Gasteiger partial charge in [0, 0.05) is 38.6 Å². The second kappa shape index (κ2) is 15.2. The van der Waals surface area contributed by atoms with E-state index < -0.39 is 14.0 Å². The molecule has 0 aliphatic carbocycles. The van der Waals surface area contributed by atoms with Crippen LogP contribution in [0.2, 0.25) is 19.6 Å². The maximum Gasteiger partial charge on any atom is 0.0799 e. The number of thiophene rings is 1. The predicted octanol–water partition coefficient (Wildman–Crippen LogP) is 11.9. The normalized spacial score (nSPS) is 12.0. The summed E-state index contributed by atoms with van der Waals surface area (Å²) in [5.74, 6) is -0.126. The van der Waals surface area contributed by atoms with Crippen molar-refractivity contribution in [3.05, 3.63) is 139 Å². The minimum atomic E-state index is -1.50. The van der Waals surface area contributed by atoms with Crippen LogP contribution in [0.15, 0.2) is 116 Å². The summed E-state index contributed by atoms with van der Waals surface area (Å²) in [5, 5.41) is 3.88. The standard InChI is InChI=1S/C26H20NS.C17H22NSi.Ir/c1-17(2)19-13-14-27-23(16-19)20-11-12-24-22(15-20)26-21(9-6-10-25(26)28-24)18-7-4-3-5-8-18;1-13(2)15-11-16(14-9-7-6-8-10-14)18-12-17(15)19(3,4)5;/h3-10,12-17H,1-2H3;6-9,11-13H,1-5H3;/q2*-1;/i;13D;. The van der Waals surface area contributed by atoms with Crippen molar-refractivity contribution in [2.75, 3.05) is 0 Å². The van der Waals surface area contributed by atoms with E-state index in [9.17, 15) is 0 Å². The molecule has 3 aromatic heterocycles. The fourth-order valence-corrected chi connectivity index (χ4v) is 8.57. The SMILES string of the molecule is CC(C)c1ccnc(-c2[c-]cc3sc4cccc(-c5ccccc5)c4c3c2)c1.[2H]C(C)(C)c1cc(-c2[c-]cccc2)ncc1[Si](C)(C)C.[Ir]. The predicted molar refractivity (Wildman–Crippen MR) is 207 cm³/mol. The summed E-state index contributed by atoms with van der Waals surface area (Å²) in [6.07, 6.45) is 3.89. The summed E-state index contributed by atoms with van der Waals surface area (Å²) >= 11 is 1.83. The Kier molecular flexibility index (Phi) is 10.8. The van der Waals surface area contributed by atoms with E-state index in [2.05, 4.69) is 134 Å². The zero-order valence-electron chi connectivity index (χ0n) is 29.7. The summed E-state index contributed by atoms with van der Waals surface area (Å²) in [7, 11) is -1.50. The average molecular weight is 840 g/mol. The zero-order chi connectivity index (χ0) is 34.1. The molecule has 0 N–H and O–H groups in total. The molecule has 0 saturated carbocycles. The maximum atomic E-state index is 8.44. The molecule has 0 aliphatic rings. The van der Waals surface area contributed by atoms with E-state index in [0.29, 0.717) is 5.92 Å². The molecule has 7 aromatic rings. The van der Waals surface area contributed by atoms with Crippen LogP contribution in [0.5, 0.6) is 0 Å². The van der Waals surface area contributed by atoms with Crippen molar-refractivity contribution in [1.82, 2.24) is 9.97 Å². The Morgan fingerprint density at radius 1 is 0.750 bits per heavy atom. The van der Waals surface area contributed by atoms with Crippen molar-refractivity contribution >= 4 is 44.8 Å². The molecule has 4 aromatic carbocycles. The van der Waals surface area contributed by atoms with Crippen LogP contribution >= 0.6 is 11.3 Å². The van der Waals surface area contributed by atoms with Crippen molar-refractivity contribution in [2.24, 2.45) is 0 Å². The number of fused-ring (bicyclic) bond motifs is 3. The van der Waals surface area contributed by atoms with E-state index in [1.54, 1.807) is 0 Å². The van der Waals surface area contributed by atoms with Gasteiger partial charge in [-0.3, -0.25) is 0 Å². The van der Waals surface area contributed by atoms with Crippen LogP contribution in [-0.4, -0.2) is 18.0 Å². The molecule has 0 fully saturated rings. The van der Waals surface area contributed by atoms with Crippen LogP contribution in [0.3, 0.4) is 0 Å². The smallest absolute Gasteiger partial charge is 0.0799 e. The first kappa shape index (κ1) is 34.1. The van der Waals surface area contributed by atoms with Gasteiger partial charge in [-0.05, 0) is 61.7 Å². The van der Waals surface area contributed by atoms with Crippen LogP contribution in [-0.2, 0) is 20.1 Å². The van der Waals surface area contributed by atoms with Gasteiger partial charge in [-0.25, -0.2) is 0 Å². The largest absolute Gasteiger partial charge is 0.305 e. The molecule has 3 heterocycles. The third kappa shape index (κ3) is 7.77. The van der Waals surface area contributed by atoms with Crippen molar-refractivity contribution in [1.29, 1.82) is 0 Å². The van der Waals surface area contributed by atoms with E-state index in [1.165, 1.54) is 42.0 Å². The third-order valence-electron chi connectivity index (χ3n) is 8.48. The Hall–Kier alpha value is -3.73. The van der Waals surface area contributed by atoms with Crippen LogP contribution in [0.25, 0.3) is 53.8 Å². The van der Waals surface area contributed by atoms with Gasteiger partial charge in [-0.1, -0.05) is 118 Å². The minimum absolute atomic E-state index is 0. The van der Waals surface area contributed by atoms with E-state index in [1.807, 2.05) is 61.8 Å². The second-order valence-corrected chi connectivity index (χ2v) is 19.7. The first-order valence-corrected chi connectivity index (χ1v) is 20.6. The molecule has 0 bridgehead atoms. The van der Waals surface area contributed by atoms with Crippen molar-refractivity contribution < 1.29 is 21.5 Å². The summed E-state index contributed by atoms with van der Waals surface area (Å²) in [5.41, 5.74) is 8.87.